The molecule has 0 aromatic carbocycles. The van der Waals surface area contributed by atoms with Crippen LogP contribution < -0.4 is 10.5 Å². The number of sulfonamides is 1. The molecule has 0 spiro atoms. The van der Waals surface area contributed by atoms with Gasteiger partial charge in [0.1, 0.15) is 0 Å². The predicted octanol–water partition coefficient (Wildman–Crippen LogP) is -0.879. The fourth-order valence-corrected chi connectivity index (χ4v) is 2.97. The van der Waals surface area contributed by atoms with Crippen molar-refractivity contribution in [1.29, 1.82) is 0 Å². The van der Waals surface area contributed by atoms with Crippen LogP contribution in [0.2, 0.25) is 0 Å². The van der Waals surface area contributed by atoms with Gasteiger partial charge in [0, 0.05) is 25.7 Å². The van der Waals surface area contributed by atoms with Crippen LogP contribution in [0.25, 0.3) is 0 Å². The zero-order valence-corrected chi connectivity index (χ0v) is 11.4. The highest BCUT2D eigenvalue weighted by Crippen LogP contribution is 2.31. The summed E-state index contributed by atoms with van der Waals surface area (Å²) >= 11 is 0. The summed E-state index contributed by atoms with van der Waals surface area (Å²) in [5.74, 6) is 0.366. The minimum atomic E-state index is -3.15. The number of likely N-dealkylation sites (tertiary alicyclic amines) is 1. The van der Waals surface area contributed by atoms with Gasteiger partial charge in [-0.3, -0.25) is 4.79 Å². The molecule has 0 radical (unpaired) electrons. The van der Waals surface area contributed by atoms with Gasteiger partial charge in [-0.2, -0.15) is 0 Å². The third kappa shape index (κ3) is 3.66. The molecule has 2 rings (SSSR count). The minimum absolute atomic E-state index is 0.00613. The van der Waals surface area contributed by atoms with Crippen molar-refractivity contribution in [1.82, 2.24) is 9.62 Å². The van der Waals surface area contributed by atoms with E-state index in [1.54, 1.807) is 0 Å². The molecular weight excluding hydrogens is 254 g/mol. The molecular formula is C11H21N3O3S. The number of carbonyl (C=O) groups excluding carboxylic acids is 1. The number of nitrogens with one attached hydrogen (secondary N) is 1. The summed E-state index contributed by atoms with van der Waals surface area (Å²) in [6.07, 6.45) is 3.84. The molecule has 1 saturated heterocycles. The fourth-order valence-electron chi connectivity index (χ4n) is 2.43. The number of carbonyl (C=O) groups is 1. The molecule has 3 unspecified atom stereocenters. The van der Waals surface area contributed by atoms with Gasteiger partial charge in [-0.05, 0) is 25.2 Å². The standard InChI is InChI=1S/C11H21N3O3S/c1-18(16,17)13-6-8-3-2-4-14(7-8)11(15)9-5-10(9)12/h8-10,13H,2-7,12H2,1H3. The molecule has 1 amide bonds. The van der Waals surface area contributed by atoms with E-state index in [1.165, 1.54) is 0 Å². The molecule has 0 aromatic rings. The van der Waals surface area contributed by atoms with Gasteiger partial charge in [0.05, 0.1) is 12.2 Å². The van der Waals surface area contributed by atoms with Crippen molar-refractivity contribution in [3.8, 4) is 0 Å². The number of nitrogens with zero attached hydrogens (tertiary/aromatic N) is 1. The SMILES string of the molecule is CS(=O)(=O)NCC1CCCN(C(=O)C2CC2N)C1. The smallest absolute Gasteiger partial charge is 0.227 e. The Labute approximate surface area is 108 Å². The van der Waals surface area contributed by atoms with Crippen LogP contribution in [0.4, 0.5) is 0 Å². The Morgan fingerprint density at radius 2 is 2.17 bits per heavy atom. The number of rotatable bonds is 4. The third-order valence-electron chi connectivity index (χ3n) is 3.62. The molecule has 1 aliphatic carbocycles. The molecule has 2 fully saturated rings. The summed E-state index contributed by atoms with van der Waals surface area (Å²) in [7, 11) is -3.15. The van der Waals surface area contributed by atoms with E-state index in [2.05, 4.69) is 4.72 Å². The number of hydrogen-bond acceptors (Lipinski definition) is 4. The van der Waals surface area contributed by atoms with Crippen LogP contribution in [0.5, 0.6) is 0 Å². The molecule has 6 nitrogen and oxygen atoms in total. The number of amides is 1. The molecule has 3 atom stereocenters. The first kappa shape index (κ1) is 13.8. The highest BCUT2D eigenvalue weighted by molar-refractivity contribution is 7.88. The first-order chi connectivity index (χ1) is 8.37. The van der Waals surface area contributed by atoms with Gasteiger partial charge in [0.2, 0.25) is 15.9 Å². The highest BCUT2D eigenvalue weighted by atomic mass is 32.2. The second-order valence-electron chi connectivity index (χ2n) is 5.42. The van der Waals surface area contributed by atoms with Crippen LogP contribution in [0.3, 0.4) is 0 Å². The van der Waals surface area contributed by atoms with E-state index in [1.807, 2.05) is 4.90 Å². The van der Waals surface area contributed by atoms with Crippen molar-refractivity contribution in [3.63, 3.8) is 0 Å². The van der Waals surface area contributed by atoms with Gasteiger partial charge in [0.15, 0.2) is 0 Å². The Hall–Kier alpha value is -0.660. The van der Waals surface area contributed by atoms with Gasteiger partial charge in [-0.1, -0.05) is 0 Å². The Kier molecular flexibility index (Phi) is 3.93. The zero-order chi connectivity index (χ0) is 13.3. The first-order valence-corrected chi connectivity index (χ1v) is 8.25. The Morgan fingerprint density at radius 3 is 2.72 bits per heavy atom. The van der Waals surface area contributed by atoms with Gasteiger partial charge in [-0.25, -0.2) is 13.1 Å². The molecule has 104 valence electrons. The maximum absolute atomic E-state index is 12.0. The summed E-state index contributed by atoms with van der Waals surface area (Å²) < 4.78 is 24.6. The Morgan fingerprint density at radius 1 is 1.50 bits per heavy atom. The van der Waals surface area contributed by atoms with Crippen molar-refractivity contribution < 1.29 is 13.2 Å². The first-order valence-electron chi connectivity index (χ1n) is 6.36. The van der Waals surface area contributed by atoms with E-state index >= 15 is 0 Å². The molecule has 0 bridgehead atoms. The van der Waals surface area contributed by atoms with E-state index in [-0.39, 0.29) is 23.8 Å². The van der Waals surface area contributed by atoms with Gasteiger partial charge in [-0.15, -0.1) is 0 Å². The minimum Gasteiger partial charge on any atom is -0.342 e. The van der Waals surface area contributed by atoms with Crippen LogP contribution in [0.1, 0.15) is 19.3 Å². The van der Waals surface area contributed by atoms with Crippen molar-refractivity contribution in [3.05, 3.63) is 0 Å². The van der Waals surface area contributed by atoms with Crippen LogP contribution in [0, 0.1) is 11.8 Å². The van der Waals surface area contributed by atoms with Crippen LogP contribution in [0.15, 0.2) is 0 Å². The lowest BCUT2D eigenvalue weighted by Gasteiger charge is -2.33. The normalized spacial score (nSPS) is 32.3. The largest absolute Gasteiger partial charge is 0.342 e. The van der Waals surface area contributed by atoms with Crippen LogP contribution in [-0.4, -0.2) is 51.2 Å². The lowest BCUT2D eigenvalue weighted by molar-refractivity contribution is -0.134. The van der Waals surface area contributed by atoms with Crippen molar-refractivity contribution in [2.75, 3.05) is 25.9 Å². The quantitative estimate of drug-likeness (QED) is 0.697. The molecule has 2 aliphatic rings. The Bertz CT molecular complexity index is 423. The highest BCUT2D eigenvalue weighted by Gasteiger charge is 2.43. The summed E-state index contributed by atoms with van der Waals surface area (Å²) in [4.78, 5) is 13.9. The summed E-state index contributed by atoms with van der Waals surface area (Å²) in [5, 5.41) is 0. The van der Waals surface area contributed by atoms with E-state index in [0.29, 0.717) is 13.1 Å². The predicted molar refractivity (Wildman–Crippen MR) is 68.2 cm³/mol. The molecule has 1 saturated carbocycles. The molecule has 1 heterocycles. The van der Waals surface area contributed by atoms with E-state index in [0.717, 1.165) is 32.1 Å². The van der Waals surface area contributed by atoms with Gasteiger partial charge >= 0.3 is 0 Å². The molecule has 3 N–H and O–H groups in total. The zero-order valence-electron chi connectivity index (χ0n) is 10.6. The summed E-state index contributed by atoms with van der Waals surface area (Å²) in [5.41, 5.74) is 5.69. The lowest BCUT2D eigenvalue weighted by atomic mass is 9.98. The second-order valence-corrected chi connectivity index (χ2v) is 7.25. The third-order valence-corrected chi connectivity index (χ3v) is 4.31. The van der Waals surface area contributed by atoms with E-state index in [4.69, 9.17) is 5.73 Å². The topological polar surface area (TPSA) is 92.5 Å². The summed E-state index contributed by atoms with van der Waals surface area (Å²) in [6.45, 7) is 1.83. The molecule has 18 heavy (non-hydrogen) atoms. The molecule has 0 aromatic heterocycles. The number of hydrogen-bond donors (Lipinski definition) is 2. The van der Waals surface area contributed by atoms with Crippen molar-refractivity contribution in [2.45, 2.75) is 25.3 Å². The fraction of sp³-hybridized carbons (Fsp3) is 0.909. The second kappa shape index (κ2) is 5.14. The van der Waals surface area contributed by atoms with Crippen LogP contribution in [-0.2, 0) is 14.8 Å². The Balaban J connectivity index is 1.83. The summed E-state index contributed by atoms with van der Waals surface area (Å²) in [6, 6.07) is 0.0343. The van der Waals surface area contributed by atoms with Crippen molar-refractivity contribution in [2.24, 2.45) is 17.6 Å². The van der Waals surface area contributed by atoms with Gasteiger partial charge in [0.25, 0.3) is 0 Å². The van der Waals surface area contributed by atoms with E-state index < -0.39 is 10.0 Å². The molecule has 7 heteroatoms. The lowest BCUT2D eigenvalue weighted by Crippen LogP contribution is -2.44. The number of nitrogens with two attached hydrogens (primary N) is 1. The maximum Gasteiger partial charge on any atom is 0.227 e. The average molecular weight is 275 g/mol. The van der Waals surface area contributed by atoms with Crippen LogP contribution >= 0.6 is 0 Å². The number of piperidine rings is 1. The monoisotopic (exact) mass is 275 g/mol. The van der Waals surface area contributed by atoms with E-state index in [9.17, 15) is 13.2 Å². The average Bonchev–Trinajstić information content (AvgIpc) is 3.02. The van der Waals surface area contributed by atoms with Crippen molar-refractivity contribution >= 4 is 15.9 Å². The molecule has 1 aliphatic heterocycles. The maximum atomic E-state index is 12.0. The van der Waals surface area contributed by atoms with Gasteiger partial charge < -0.3 is 10.6 Å².